The Morgan fingerprint density at radius 2 is 2.00 bits per heavy atom. The first-order valence-corrected chi connectivity index (χ1v) is 11.0. The Kier molecular flexibility index (Phi) is 5.10. The number of carboxylic acids is 1. The highest BCUT2D eigenvalue weighted by Gasteiger charge is 2.51. The summed E-state index contributed by atoms with van der Waals surface area (Å²) >= 11 is 0. The molecule has 0 amide bonds. The monoisotopic (exact) mass is 431 g/mol. The van der Waals surface area contributed by atoms with E-state index in [-0.39, 0.29) is 19.6 Å². The molecule has 2 atom stereocenters. The van der Waals surface area contributed by atoms with Crippen molar-refractivity contribution in [2.45, 2.75) is 32.5 Å². The maximum absolute atomic E-state index is 13.5. The average Bonchev–Trinajstić information content (AvgIpc) is 3.09. The predicted molar refractivity (Wildman–Crippen MR) is 108 cm³/mol. The molecule has 3 N–H and O–H groups in total. The molecule has 3 aromatic rings. The van der Waals surface area contributed by atoms with Crippen LogP contribution in [0.1, 0.15) is 23.9 Å². The number of pyridine rings is 1. The minimum absolute atomic E-state index is 0.0811. The number of aliphatic carboxylic acids is 1. The quantitative estimate of drug-likeness (QED) is 0.513. The van der Waals surface area contributed by atoms with E-state index in [9.17, 15) is 23.5 Å². The van der Waals surface area contributed by atoms with E-state index in [1.54, 1.807) is 18.2 Å². The molecule has 10 heteroatoms. The summed E-state index contributed by atoms with van der Waals surface area (Å²) in [5.41, 5.74) is 2.88. The minimum Gasteiger partial charge on any atom is -0.480 e. The Bertz CT molecular complexity index is 1190. The molecule has 4 rings (SSSR count). The van der Waals surface area contributed by atoms with Crippen LogP contribution >= 0.6 is 0 Å². The van der Waals surface area contributed by atoms with Crippen LogP contribution < -0.4 is 0 Å². The van der Waals surface area contributed by atoms with Crippen LogP contribution in [0.5, 0.6) is 0 Å². The van der Waals surface area contributed by atoms with E-state index in [0.29, 0.717) is 17.8 Å². The van der Waals surface area contributed by atoms with Crippen LogP contribution in [0.25, 0.3) is 10.9 Å². The lowest BCUT2D eigenvalue weighted by Gasteiger charge is -2.36. The molecule has 30 heavy (non-hydrogen) atoms. The third kappa shape index (κ3) is 3.37. The van der Waals surface area contributed by atoms with Crippen molar-refractivity contribution in [2.75, 3.05) is 6.54 Å². The zero-order chi connectivity index (χ0) is 21.5. The molecule has 1 aliphatic heterocycles. The van der Waals surface area contributed by atoms with Gasteiger partial charge in [0.15, 0.2) is 6.54 Å². The van der Waals surface area contributed by atoms with Gasteiger partial charge in [-0.2, -0.15) is 13.6 Å². The molecule has 0 bridgehead atoms. The molecule has 1 aliphatic rings. The fourth-order valence-electron chi connectivity index (χ4n) is 3.87. The number of aromatic nitrogens is 2. The summed E-state index contributed by atoms with van der Waals surface area (Å²) in [7, 11) is -4.46. The Hall–Kier alpha value is -2.79. The zero-order valence-electron chi connectivity index (χ0n) is 16.4. The first kappa shape index (κ1) is 20.5. The summed E-state index contributed by atoms with van der Waals surface area (Å²) in [5.74, 6) is -1.30. The van der Waals surface area contributed by atoms with Gasteiger partial charge < -0.3 is 10.1 Å². The summed E-state index contributed by atoms with van der Waals surface area (Å²) in [4.78, 5) is 19.0. The van der Waals surface area contributed by atoms with Crippen molar-refractivity contribution in [3.8, 4) is 0 Å². The second-order valence-electron chi connectivity index (χ2n) is 7.46. The number of H-pyrrole nitrogens is 1. The molecule has 0 aliphatic carbocycles. The third-order valence-corrected chi connectivity index (χ3v) is 7.79. The topological polar surface area (TPSA) is 124 Å². The summed E-state index contributed by atoms with van der Waals surface area (Å²) in [6, 6.07) is 11.3. The lowest BCUT2D eigenvalue weighted by molar-refractivity contribution is -1.02. The fourth-order valence-corrected chi connectivity index (χ4v) is 5.66. The number of carboxylic acid groups (broad SMARTS) is 1. The maximum atomic E-state index is 13.5. The molecule has 0 saturated carbocycles. The maximum Gasteiger partial charge on any atom is 0.404 e. The van der Waals surface area contributed by atoms with Crippen LogP contribution in [0.4, 0.5) is 0 Å². The van der Waals surface area contributed by atoms with E-state index in [0.717, 1.165) is 20.8 Å². The number of hydroxylamine groups is 2. The van der Waals surface area contributed by atoms with Crippen molar-refractivity contribution < 1.29 is 27.6 Å². The Morgan fingerprint density at radius 3 is 2.70 bits per heavy atom. The molecule has 0 radical (unpaired) electrons. The first-order chi connectivity index (χ1) is 14.2. The molecule has 158 valence electrons. The number of hydrogen-bond acceptors (Lipinski definition) is 5. The van der Waals surface area contributed by atoms with Crippen LogP contribution in [0.15, 0.2) is 48.7 Å². The molecule has 2 aromatic heterocycles. The molecule has 1 aromatic carbocycles. The van der Waals surface area contributed by atoms with Crippen LogP contribution in [-0.2, 0) is 34.5 Å². The van der Waals surface area contributed by atoms with Gasteiger partial charge in [-0.05, 0) is 30.7 Å². The molecule has 1 unspecified atom stereocenters. The van der Waals surface area contributed by atoms with Gasteiger partial charge in [-0.15, -0.1) is 4.31 Å². The largest absolute Gasteiger partial charge is 0.480 e. The Morgan fingerprint density at radius 1 is 1.27 bits per heavy atom. The van der Waals surface area contributed by atoms with Crippen molar-refractivity contribution in [2.24, 2.45) is 0 Å². The van der Waals surface area contributed by atoms with Gasteiger partial charge in [0, 0.05) is 23.5 Å². The third-order valence-electron chi connectivity index (χ3n) is 5.58. The number of quaternary nitrogens is 1. The lowest BCUT2D eigenvalue weighted by atomic mass is 10.0. The van der Waals surface area contributed by atoms with Crippen molar-refractivity contribution in [1.29, 1.82) is 0 Å². The van der Waals surface area contributed by atoms with Crippen molar-refractivity contribution >= 4 is 27.1 Å². The lowest BCUT2D eigenvalue weighted by Crippen LogP contribution is -2.60. The summed E-state index contributed by atoms with van der Waals surface area (Å²) < 4.78 is 26.6. The number of nitrogens with zero attached hydrogens (tertiary/aromatic N) is 3. The minimum atomic E-state index is -4.46. The van der Waals surface area contributed by atoms with Gasteiger partial charge in [0.25, 0.3) is 0 Å². The Balaban J connectivity index is 1.72. The average molecular weight is 431 g/mol. The van der Waals surface area contributed by atoms with Gasteiger partial charge in [-0.3, -0.25) is 9.78 Å². The van der Waals surface area contributed by atoms with E-state index in [2.05, 4.69) is 9.97 Å². The number of nitrogens with one attached hydrogen (secondary N) is 1. The van der Waals surface area contributed by atoms with E-state index in [1.807, 2.05) is 24.3 Å². The van der Waals surface area contributed by atoms with Gasteiger partial charge in [-0.1, -0.05) is 28.3 Å². The zero-order valence-corrected chi connectivity index (χ0v) is 17.2. The molecule has 0 saturated heterocycles. The summed E-state index contributed by atoms with van der Waals surface area (Å²) in [6.07, 6.45) is 1.85. The number of aromatic amines is 1. The summed E-state index contributed by atoms with van der Waals surface area (Å²) in [6.45, 7) is 0.754. The van der Waals surface area contributed by atoms with Crippen LogP contribution in [0, 0.1) is 0 Å². The number of benzene rings is 1. The number of para-hydroxylation sites is 1. The normalized spacial score (nSPS) is 20.2. The smallest absolute Gasteiger partial charge is 0.404 e. The van der Waals surface area contributed by atoms with Gasteiger partial charge in [0.05, 0.1) is 17.9 Å². The molecule has 3 heterocycles. The second kappa shape index (κ2) is 7.47. The van der Waals surface area contributed by atoms with E-state index >= 15 is 0 Å². The van der Waals surface area contributed by atoms with Gasteiger partial charge in [-0.25, -0.2) is 0 Å². The molecule has 0 spiro atoms. The van der Waals surface area contributed by atoms with Gasteiger partial charge in [0.2, 0.25) is 0 Å². The van der Waals surface area contributed by atoms with E-state index < -0.39 is 26.3 Å². The molecular formula is C20H23N4O5S+. The standard InChI is InChI=1S/C20H22N4O5S/c1-14(20(25)26)23(12-15-6-4-5-10-21-15)30(28,29)24(27)11-9-17-16-7-2-3-8-18(16)22-19(17)13-24/h2-8,10,14,22,27H,9,11-13H2,1H3/p+1/t14-,24?/m1/s1. The highest BCUT2D eigenvalue weighted by Crippen LogP contribution is 2.33. The Labute approximate surface area is 173 Å². The van der Waals surface area contributed by atoms with Crippen molar-refractivity contribution in [1.82, 2.24) is 14.3 Å². The highest BCUT2D eigenvalue weighted by atomic mass is 32.2. The number of fused-ring (bicyclic) bond motifs is 3. The fraction of sp³-hybridized carbons (Fsp3) is 0.300. The van der Waals surface area contributed by atoms with E-state index in [4.69, 9.17) is 0 Å². The second-order valence-corrected chi connectivity index (χ2v) is 9.51. The predicted octanol–water partition coefficient (Wildman–Crippen LogP) is 2.05. The van der Waals surface area contributed by atoms with Gasteiger partial charge >= 0.3 is 16.2 Å². The SMILES string of the molecule is C[C@H](C(=O)O)N(Cc1ccccn1)S(=O)(=O)[N+]1(O)CCc2c([nH]c3ccccc23)C1. The highest BCUT2D eigenvalue weighted by molar-refractivity contribution is 7.83. The van der Waals surface area contributed by atoms with E-state index in [1.165, 1.54) is 13.1 Å². The van der Waals surface area contributed by atoms with Crippen LogP contribution in [0.3, 0.4) is 0 Å². The number of carbonyl (C=O) groups is 1. The number of rotatable bonds is 6. The van der Waals surface area contributed by atoms with Crippen molar-refractivity contribution in [3.05, 3.63) is 65.6 Å². The first-order valence-electron chi connectivity index (χ1n) is 9.56. The van der Waals surface area contributed by atoms with Gasteiger partial charge in [0.1, 0.15) is 12.6 Å². The van der Waals surface area contributed by atoms with Crippen molar-refractivity contribution in [3.63, 3.8) is 0 Å². The summed E-state index contributed by atoms with van der Waals surface area (Å²) in [5, 5.41) is 21.7. The molecule has 0 fully saturated rings. The van der Waals surface area contributed by atoms with Crippen LogP contribution in [-0.4, -0.2) is 55.6 Å². The van der Waals surface area contributed by atoms with Crippen LogP contribution in [0.2, 0.25) is 0 Å². The molecular weight excluding hydrogens is 408 g/mol. The number of hydrogen-bond donors (Lipinski definition) is 3. The molecule has 9 nitrogen and oxygen atoms in total.